The Balaban J connectivity index is 1.93. The normalized spacial score (nSPS) is 38.3. The van der Waals surface area contributed by atoms with Gasteiger partial charge in [-0.3, -0.25) is 4.90 Å². The van der Waals surface area contributed by atoms with Gasteiger partial charge in [0.15, 0.2) is 0 Å². The molecule has 0 bridgehead atoms. The van der Waals surface area contributed by atoms with Crippen molar-refractivity contribution in [2.75, 3.05) is 26.3 Å². The first-order valence-corrected chi connectivity index (χ1v) is 5.29. The molecule has 13 heavy (non-hydrogen) atoms. The lowest BCUT2D eigenvalue weighted by Crippen LogP contribution is -2.52. The number of ether oxygens (including phenoxy) is 1. The molecule has 0 aromatic rings. The third kappa shape index (κ3) is 1.87. The number of hydrogen-bond donors (Lipinski definition) is 1. The molecule has 1 atom stereocenters. The summed E-state index contributed by atoms with van der Waals surface area (Å²) in [6, 6.07) is 0.433. The fraction of sp³-hybridized carbons (Fsp3) is 1.00. The van der Waals surface area contributed by atoms with Crippen molar-refractivity contribution in [3.63, 3.8) is 0 Å². The van der Waals surface area contributed by atoms with E-state index in [2.05, 4.69) is 11.8 Å². The lowest BCUT2D eigenvalue weighted by molar-refractivity contribution is 0.0588. The highest BCUT2D eigenvalue weighted by Gasteiger charge is 2.37. The summed E-state index contributed by atoms with van der Waals surface area (Å²) < 4.78 is 5.47. The van der Waals surface area contributed by atoms with E-state index >= 15 is 0 Å². The number of rotatable bonds is 1. The van der Waals surface area contributed by atoms with Gasteiger partial charge in [-0.25, -0.2) is 0 Å². The molecule has 0 aromatic carbocycles. The van der Waals surface area contributed by atoms with Crippen LogP contribution >= 0.6 is 0 Å². The number of likely N-dealkylation sites (tertiary alicyclic amines) is 1. The van der Waals surface area contributed by atoms with Gasteiger partial charge in [0.05, 0.1) is 6.61 Å². The summed E-state index contributed by atoms with van der Waals surface area (Å²) in [5.41, 5.74) is 6.19. The quantitative estimate of drug-likeness (QED) is 0.648. The molecule has 2 aliphatic rings. The van der Waals surface area contributed by atoms with Crippen LogP contribution in [0.1, 0.15) is 26.2 Å². The van der Waals surface area contributed by atoms with Crippen LogP contribution < -0.4 is 5.73 Å². The zero-order chi connectivity index (χ0) is 9.31. The Morgan fingerprint density at radius 1 is 1.38 bits per heavy atom. The Labute approximate surface area is 80.2 Å². The van der Waals surface area contributed by atoms with E-state index < -0.39 is 0 Å². The van der Waals surface area contributed by atoms with Crippen LogP contribution in [0.25, 0.3) is 0 Å². The van der Waals surface area contributed by atoms with Crippen molar-refractivity contribution in [2.45, 2.75) is 37.8 Å². The largest absolute Gasteiger partial charge is 0.379 e. The van der Waals surface area contributed by atoms with Crippen LogP contribution in [0.15, 0.2) is 0 Å². The van der Waals surface area contributed by atoms with Crippen molar-refractivity contribution in [2.24, 2.45) is 5.73 Å². The maximum atomic E-state index is 5.88. The van der Waals surface area contributed by atoms with Crippen LogP contribution in [0, 0.1) is 0 Å². The second-order valence-corrected chi connectivity index (χ2v) is 4.62. The highest BCUT2D eigenvalue weighted by molar-refractivity contribution is 4.92. The van der Waals surface area contributed by atoms with E-state index in [4.69, 9.17) is 10.5 Å². The van der Waals surface area contributed by atoms with E-state index in [0.29, 0.717) is 11.6 Å². The summed E-state index contributed by atoms with van der Waals surface area (Å²) in [5.74, 6) is 0. The smallest absolute Gasteiger partial charge is 0.0648 e. The summed E-state index contributed by atoms with van der Waals surface area (Å²) in [7, 11) is 0. The van der Waals surface area contributed by atoms with Gasteiger partial charge in [-0.1, -0.05) is 0 Å². The molecule has 2 heterocycles. The summed E-state index contributed by atoms with van der Waals surface area (Å²) >= 11 is 0. The highest BCUT2D eigenvalue weighted by atomic mass is 16.5. The van der Waals surface area contributed by atoms with Crippen molar-refractivity contribution in [1.82, 2.24) is 4.90 Å². The first-order valence-electron chi connectivity index (χ1n) is 5.29. The van der Waals surface area contributed by atoms with E-state index in [1.54, 1.807) is 0 Å². The number of nitrogens with zero attached hydrogens (tertiary/aromatic N) is 1. The van der Waals surface area contributed by atoms with Gasteiger partial charge in [-0.2, -0.15) is 0 Å². The van der Waals surface area contributed by atoms with Gasteiger partial charge in [-0.05, 0) is 26.2 Å². The van der Waals surface area contributed by atoms with Crippen molar-refractivity contribution >= 4 is 0 Å². The van der Waals surface area contributed by atoms with Crippen LogP contribution in [-0.2, 0) is 4.74 Å². The number of piperidine rings is 1. The average molecular weight is 184 g/mol. The Morgan fingerprint density at radius 3 is 2.62 bits per heavy atom. The van der Waals surface area contributed by atoms with Crippen LogP contribution in [-0.4, -0.2) is 42.8 Å². The molecule has 2 saturated heterocycles. The second-order valence-electron chi connectivity index (χ2n) is 4.62. The minimum Gasteiger partial charge on any atom is -0.379 e. The third-order valence-electron chi connectivity index (χ3n) is 3.50. The Morgan fingerprint density at radius 2 is 2.08 bits per heavy atom. The van der Waals surface area contributed by atoms with E-state index in [9.17, 15) is 0 Å². The average Bonchev–Trinajstić information content (AvgIpc) is 2.54. The molecule has 0 aromatic heterocycles. The summed E-state index contributed by atoms with van der Waals surface area (Å²) in [6.07, 6.45) is 3.48. The summed E-state index contributed by atoms with van der Waals surface area (Å²) in [6.45, 7) is 6.46. The standard InChI is InChI=1S/C10H20N2O/c1-10(4-7-13-8-10)12-5-2-9(11)3-6-12/h9H,2-8,11H2,1H3. The van der Waals surface area contributed by atoms with Crippen LogP contribution in [0.4, 0.5) is 0 Å². The Kier molecular flexibility index (Phi) is 2.58. The van der Waals surface area contributed by atoms with Gasteiger partial charge in [0, 0.05) is 31.3 Å². The van der Waals surface area contributed by atoms with Gasteiger partial charge < -0.3 is 10.5 Å². The molecule has 0 saturated carbocycles. The summed E-state index contributed by atoms with van der Waals surface area (Å²) in [5, 5.41) is 0. The SMILES string of the molecule is CC1(N2CCC(N)CC2)CCOC1. The van der Waals surface area contributed by atoms with E-state index in [0.717, 1.165) is 39.1 Å². The number of hydrogen-bond acceptors (Lipinski definition) is 3. The molecule has 3 heteroatoms. The first kappa shape index (κ1) is 9.44. The molecule has 2 rings (SSSR count). The highest BCUT2D eigenvalue weighted by Crippen LogP contribution is 2.28. The van der Waals surface area contributed by atoms with Crippen molar-refractivity contribution in [1.29, 1.82) is 0 Å². The minimum absolute atomic E-state index is 0.306. The van der Waals surface area contributed by atoms with Crippen molar-refractivity contribution in [3.8, 4) is 0 Å². The Hall–Kier alpha value is -0.120. The Bertz CT molecular complexity index is 170. The van der Waals surface area contributed by atoms with Gasteiger partial charge in [0.25, 0.3) is 0 Å². The van der Waals surface area contributed by atoms with Crippen molar-refractivity contribution in [3.05, 3.63) is 0 Å². The van der Waals surface area contributed by atoms with Gasteiger partial charge >= 0.3 is 0 Å². The van der Waals surface area contributed by atoms with Crippen LogP contribution in [0.5, 0.6) is 0 Å². The molecule has 2 fully saturated rings. The number of nitrogens with two attached hydrogens (primary N) is 1. The van der Waals surface area contributed by atoms with Crippen LogP contribution in [0.3, 0.4) is 0 Å². The fourth-order valence-corrected chi connectivity index (χ4v) is 2.34. The molecule has 2 N–H and O–H groups in total. The predicted octanol–water partition coefficient (Wildman–Crippen LogP) is 0.588. The van der Waals surface area contributed by atoms with E-state index in [-0.39, 0.29) is 0 Å². The fourth-order valence-electron chi connectivity index (χ4n) is 2.34. The lowest BCUT2D eigenvalue weighted by atomic mass is 9.94. The molecule has 76 valence electrons. The summed E-state index contributed by atoms with van der Waals surface area (Å²) in [4.78, 5) is 2.56. The molecule has 0 amide bonds. The van der Waals surface area contributed by atoms with Crippen LogP contribution in [0.2, 0.25) is 0 Å². The molecular weight excluding hydrogens is 164 g/mol. The maximum absolute atomic E-state index is 5.88. The van der Waals surface area contributed by atoms with Gasteiger partial charge in [0.1, 0.15) is 0 Å². The monoisotopic (exact) mass is 184 g/mol. The van der Waals surface area contributed by atoms with Crippen molar-refractivity contribution < 1.29 is 4.74 Å². The van der Waals surface area contributed by atoms with E-state index in [1.807, 2.05) is 0 Å². The molecule has 1 unspecified atom stereocenters. The first-order chi connectivity index (χ1) is 6.21. The van der Waals surface area contributed by atoms with E-state index in [1.165, 1.54) is 6.42 Å². The zero-order valence-corrected chi connectivity index (χ0v) is 8.46. The molecule has 0 spiro atoms. The third-order valence-corrected chi connectivity index (χ3v) is 3.50. The maximum Gasteiger partial charge on any atom is 0.0648 e. The molecule has 0 radical (unpaired) electrons. The van der Waals surface area contributed by atoms with Gasteiger partial charge in [0.2, 0.25) is 0 Å². The molecule has 0 aliphatic carbocycles. The molecule has 3 nitrogen and oxygen atoms in total. The minimum atomic E-state index is 0.306. The predicted molar refractivity (Wildman–Crippen MR) is 52.6 cm³/mol. The topological polar surface area (TPSA) is 38.5 Å². The molecule has 2 aliphatic heterocycles. The molecular formula is C10H20N2O. The zero-order valence-electron chi connectivity index (χ0n) is 8.46. The van der Waals surface area contributed by atoms with Gasteiger partial charge in [-0.15, -0.1) is 0 Å². The lowest BCUT2D eigenvalue weighted by Gasteiger charge is -2.41. The second kappa shape index (κ2) is 3.56.